The largest absolute Gasteiger partial charge is 0.489 e. The summed E-state index contributed by atoms with van der Waals surface area (Å²) in [4.78, 5) is -0.396. The number of hydrogen-bond acceptors (Lipinski definition) is 4. The molecule has 0 bridgehead atoms. The quantitative estimate of drug-likeness (QED) is 0.376. The van der Waals surface area contributed by atoms with E-state index in [1.54, 1.807) is 48.5 Å². The van der Waals surface area contributed by atoms with Crippen molar-refractivity contribution in [3.05, 3.63) is 97.8 Å². The van der Waals surface area contributed by atoms with Gasteiger partial charge in [-0.25, -0.2) is 8.42 Å². The standard InChI is InChI=1S/C22H14Cl3NO3S/c23-17-6-8-20(9-7-17)30(27,28)21(13-26)11-15-2-1-3-19(10-15)29-14-16-4-5-18(24)12-22(16)25/h1-12H,14H2. The van der Waals surface area contributed by atoms with Crippen molar-refractivity contribution in [1.82, 2.24) is 0 Å². The summed E-state index contributed by atoms with van der Waals surface area (Å²) in [6.45, 7) is 0.206. The molecule has 0 spiro atoms. The Morgan fingerprint density at radius 2 is 1.67 bits per heavy atom. The fourth-order valence-electron chi connectivity index (χ4n) is 2.56. The zero-order valence-electron chi connectivity index (χ0n) is 15.3. The average molecular weight is 479 g/mol. The summed E-state index contributed by atoms with van der Waals surface area (Å²) in [5.41, 5.74) is 1.26. The maximum atomic E-state index is 12.7. The lowest BCUT2D eigenvalue weighted by Gasteiger charge is -2.09. The molecule has 8 heteroatoms. The number of nitriles is 1. The topological polar surface area (TPSA) is 67.2 Å². The zero-order valence-corrected chi connectivity index (χ0v) is 18.4. The third kappa shape index (κ3) is 5.35. The van der Waals surface area contributed by atoms with Crippen molar-refractivity contribution in [2.75, 3.05) is 0 Å². The van der Waals surface area contributed by atoms with E-state index in [-0.39, 0.29) is 16.4 Å². The molecule has 0 amide bonds. The van der Waals surface area contributed by atoms with Gasteiger partial charge in [0.25, 0.3) is 0 Å². The van der Waals surface area contributed by atoms with Crippen LogP contribution in [0.5, 0.6) is 5.75 Å². The molecule has 3 rings (SSSR count). The van der Waals surface area contributed by atoms with E-state index in [9.17, 15) is 13.7 Å². The molecule has 0 aromatic heterocycles. The fraction of sp³-hybridized carbons (Fsp3) is 0.0455. The van der Waals surface area contributed by atoms with Gasteiger partial charge in [0.1, 0.15) is 23.3 Å². The normalized spacial score (nSPS) is 11.7. The highest BCUT2D eigenvalue weighted by Gasteiger charge is 2.20. The van der Waals surface area contributed by atoms with E-state index in [0.29, 0.717) is 26.4 Å². The van der Waals surface area contributed by atoms with Crippen molar-refractivity contribution in [3.63, 3.8) is 0 Å². The summed E-state index contributed by atoms with van der Waals surface area (Å²) in [5.74, 6) is 0.496. The third-order valence-electron chi connectivity index (χ3n) is 4.09. The molecule has 3 aromatic rings. The molecule has 0 radical (unpaired) electrons. The van der Waals surface area contributed by atoms with Crippen LogP contribution in [0.2, 0.25) is 15.1 Å². The molecule has 0 saturated carbocycles. The van der Waals surface area contributed by atoms with Crippen molar-refractivity contribution in [2.45, 2.75) is 11.5 Å². The predicted molar refractivity (Wildman–Crippen MR) is 119 cm³/mol. The Hall–Kier alpha value is -2.49. The van der Waals surface area contributed by atoms with Crippen molar-refractivity contribution in [2.24, 2.45) is 0 Å². The lowest BCUT2D eigenvalue weighted by atomic mass is 10.2. The van der Waals surface area contributed by atoms with Crippen LogP contribution in [0.25, 0.3) is 6.08 Å². The van der Waals surface area contributed by atoms with Crippen LogP contribution in [0, 0.1) is 11.3 Å². The zero-order chi connectivity index (χ0) is 21.7. The predicted octanol–water partition coefficient (Wildman–Crippen LogP) is 6.56. The van der Waals surface area contributed by atoms with Gasteiger partial charge < -0.3 is 4.74 Å². The first kappa shape index (κ1) is 22.2. The van der Waals surface area contributed by atoms with Crippen molar-refractivity contribution < 1.29 is 13.2 Å². The molecule has 3 aromatic carbocycles. The number of rotatable bonds is 6. The molecule has 0 aliphatic rings. The molecule has 152 valence electrons. The Bertz CT molecular complexity index is 1250. The second kappa shape index (κ2) is 9.55. The molecule has 0 atom stereocenters. The summed E-state index contributed by atoms with van der Waals surface area (Å²) in [6.07, 6.45) is 1.30. The molecule has 0 unspecified atom stereocenters. The van der Waals surface area contributed by atoms with E-state index >= 15 is 0 Å². The number of nitrogens with zero attached hydrogens (tertiary/aromatic N) is 1. The van der Waals surface area contributed by atoms with Gasteiger partial charge in [-0.2, -0.15) is 5.26 Å². The van der Waals surface area contributed by atoms with Gasteiger partial charge in [0.2, 0.25) is 9.84 Å². The Morgan fingerprint density at radius 3 is 2.33 bits per heavy atom. The molecular weight excluding hydrogens is 465 g/mol. The summed E-state index contributed by atoms with van der Waals surface area (Å²) in [5, 5.41) is 10.9. The monoisotopic (exact) mass is 477 g/mol. The highest BCUT2D eigenvalue weighted by atomic mass is 35.5. The van der Waals surface area contributed by atoms with Gasteiger partial charge in [0.15, 0.2) is 0 Å². The first-order valence-corrected chi connectivity index (χ1v) is 11.2. The lowest BCUT2D eigenvalue weighted by Crippen LogP contribution is -2.03. The van der Waals surface area contributed by atoms with Crippen LogP contribution in [-0.2, 0) is 16.4 Å². The minimum Gasteiger partial charge on any atom is -0.489 e. The van der Waals surface area contributed by atoms with Gasteiger partial charge >= 0.3 is 0 Å². The van der Waals surface area contributed by atoms with E-state index in [4.69, 9.17) is 39.5 Å². The van der Waals surface area contributed by atoms with Crippen molar-refractivity contribution in [1.29, 1.82) is 5.26 Å². The Morgan fingerprint density at radius 1 is 0.967 bits per heavy atom. The van der Waals surface area contributed by atoms with Crippen molar-refractivity contribution in [3.8, 4) is 11.8 Å². The minimum absolute atomic E-state index is 0.00974. The third-order valence-corrected chi connectivity index (χ3v) is 6.61. The second-order valence-electron chi connectivity index (χ2n) is 6.17. The summed E-state index contributed by atoms with van der Waals surface area (Å²) in [7, 11) is -3.97. The van der Waals surface area contributed by atoms with Gasteiger partial charge in [-0.1, -0.05) is 53.0 Å². The molecule has 0 N–H and O–H groups in total. The summed E-state index contributed by atoms with van der Waals surface area (Å²) >= 11 is 17.9. The summed E-state index contributed by atoms with van der Waals surface area (Å²) in [6, 6.07) is 19.2. The number of ether oxygens (including phenoxy) is 1. The van der Waals surface area contributed by atoms with E-state index < -0.39 is 9.84 Å². The lowest BCUT2D eigenvalue weighted by molar-refractivity contribution is 0.306. The molecule has 0 heterocycles. The maximum Gasteiger partial charge on any atom is 0.216 e. The van der Waals surface area contributed by atoms with E-state index in [1.807, 2.05) is 0 Å². The molecular formula is C22H14Cl3NO3S. The smallest absolute Gasteiger partial charge is 0.216 e. The Balaban J connectivity index is 1.84. The molecule has 30 heavy (non-hydrogen) atoms. The number of allylic oxidation sites excluding steroid dienone is 1. The van der Waals surface area contributed by atoms with Crippen LogP contribution in [0.1, 0.15) is 11.1 Å². The Labute approximate surface area is 189 Å². The molecule has 0 fully saturated rings. The van der Waals surface area contributed by atoms with Gasteiger partial charge in [-0.3, -0.25) is 0 Å². The first-order chi connectivity index (χ1) is 14.3. The van der Waals surface area contributed by atoms with E-state index in [0.717, 1.165) is 5.56 Å². The highest BCUT2D eigenvalue weighted by molar-refractivity contribution is 7.95. The minimum atomic E-state index is -3.97. The van der Waals surface area contributed by atoms with E-state index in [2.05, 4.69) is 0 Å². The van der Waals surface area contributed by atoms with Crippen LogP contribution in [0.3, 0.4) is 0 Å². The number of sulfone groups is 1. The maximum absolute atomic E-state index is 12.7. The van der Waals surface area contributed by atoms with Crippen LogP contribution < -0.4 is 4.74 Å². The molecule has 0 aliphatic carbocycles. The van der Waals surface area contributed by atoms with Crippen LogP contribution in [0.15, 0.2) is 76.5 Å². The van der Waals surface area contributed by atoms with Gasteiger partial charge in [0, 0.05) is 20.6 Å². The van der Waals surface area contributed by atoms with Crippen LogP contribution in [-0.4, -0.2) is 8.42 Å². The number of halogens is 3. The average Bonchev–Trinajstić information content (AvgIpc) is 2.72. The SMILES string of the molecule is N#CC(=Cc1cccc(OCc2ccc(Cl)cc2Cl)c1)S(=O)(=O)c1ccc(Cl)cc1. The fourth-order valence-corrected chi connectivity index (χ4v) is 4.30. The second-order valence-corrected chi connectivity index (χ2v) is 9.37. The van der Waals surface area contributed by atoms with E-state index in [1.165, 1.54) is 30.3 Å². The van der Waals surface area contributed by atoms with Crippen molar-refractivity contribution >= 4 is 50.7 Å². The van der Waals surface area contributed by atoms with Gasteiger partial charge in [0.05, 0.1) is 4.90 Å². The highest BCUT2D eigenvalue weighted by Crippen LogP contribution is 2.26. The van der Waals surface area contributed by atoms with Crippen LogP contribution in [0.4, 0.5) is 0 Å². The first-order valence-electron chi connectivity index (χ1n) is 8.59. The molecule has 0 saturated heterocycles. The molecule has 0 aliphatic heterocycles. The van der Waals surface area contributed by atoms with Gasteiger partial charge in [-0.05, 0) is 60.2 Å². The molecule has 4 nitrogen and oxygen atoms in total. The Kier molecular flexibility index (Phi) is 7.06. The van der Waals surface area contributed by atoms with Gasteiger partial charge in [-0.15, -0.1) is 0 Å². The van der Waals surface area contributed by atoms with Crippen LogP contribution >= 0.6 is 34.8 Å². The summed E-state index contributed by atoms with van der Waals surface area (Å²) < 4.78 is 31.2. The number of hydrogen-bond donors (Lipinski definition) is 0. The number of benzene rings is 3.